The minimum atomic E-state index is -0.723. The number of aliphatic hydroxyl groups excluding tert-OH is 1. The second kappa shape index (κ2) is 9.39. The number of thioether (sulfide) groups is 1. The number of nitrogens with zero attached hydrogens (tertiary/aromatic N) is 1. The van der Waals surface area contributed by atoms with Crippen molar-refractivity contribution in [3.63, 3.8) is 0 Å². The Hall–Kier alpha value is -2.06. The third-order valence-corrected chi connectivity index (χ3v) is 7.42. The molecule has 3 rings (SSSR count). The minimum absolute atomic E-state index is 0.0694. The molecule has 2 aliphatic rings. The van der Waals surface area contributed by atoms with E-state index < -0.39 is 12.1 Å². The Labute approximate surface area is 182 Å². The fraction of sp³-hybridized carbons (Fsp3) is 0.591. The van der Waals surface area contributed by atoms with Crippen LogP contribution in [0.4, 0.5) is 0 Å². The maximum Gasteiger partial charge on any atom is 0.256 e. The quantitative estimate of drug-likeness (QED) is 0.582. The first kappa shape index (κ1) is 22.6. The molecule has 8 heteroatoms. The van der Waals surface area contributed by atoms with Gasteiger partial charge in [0, 0.05) is 11.3 Å². The van der Waals surface area contributed by atoms with Gasteiger partial charge in [-0.25, -0.2) is 0 Å². The van der Waals surface area contributed by atoms with E-state index in [1.165, 1.54) is 0 Å². The zero-order valence-corrected chi connectivity index (χ0v) is 18.7. The van der Waals surface area contributed by atoms with Crippen molar-refractivity contribution in [2.24, 2.45) is 11.8 Å². The summed E-state index contributed by atoms with van der Waals surface area (Å²) in [6, 6.07) is 5.75. The number of carbonyl (C=O) groups is 3. The van der Waals surface area contributed by atoms with Gasteiger partial charge in [0.2, 0.25) is 11.8 Å². The van der Waals surface area contributed by atoms with E-state index in [1.807, 2.05) is 45.9 Å². The van der Waals surface area contributed by atoms with Gasteiger partial charge in [-0.15, -0.1) is 11.8 Å². The van der Waals surface area contributed by atoms with Gasteiger partial charge >= 0.3 is 0 Å². The standard InChI is InChI=1S/C22H31N3O4S/c1-5-13(4)18(20(28)23-16(10-26)12(2)3)24-19(27)17-11-30-22-15-9-7-6-8-14(15)21(29)25(17)22/h6-9,12-13,16-18,22,26H,5,10-11H2,1-4H3,(H,23,28)(H,24,27)/t13-,16-,17-,18+,22-/m1/s1. The van der Waals surface area contributed by atoms with Crippen LogP contribution in [0.1, 0.15) is 55.4 Å². The number of benzene rings is 1. The lowest BCUT2D eigenvalue weighted by molar-refractivity contribution is -0.132. The first-order chi connectivity index (χ1) is 14.3. The molecule has 30 heavy (non-hydrogen) atoms. The average Bonchev–Trinajstić information content (AvgIpc) is 3.29. The molecule has 5 atom stereocenters. The highest BCUT2D eigenvalue weighted by Gasteiger charge is 2.48. The highest BCUT2D eigenvalue weighted by molar-refractivity contribution is 7.99. The number of aliphatic hydroxyl groups is 1. The van der Waals surface area contributed by atoms with E-state index in [-0.39, 0.29) is 47.6 Å². The molecule has 3 N–H and O–H groups in total. The molecule has 2 aliphatic heterocycles. The Bertz CT molecular complexity index is 815. The number of rotatable bonds is 8. The van der Waals surface area contributed by atoms with Crippen LogP contribution in [-0.2, 0) is 9.59 Å². The van der Waals surface area contributed by atoms with Gasteiger partial charge in [-0.1, -0.05) is 52.3 Å². The second-order valence-electron chi connectivity index (χ2n) is 8.41. The zero-order valence-electron chi connectivity index (χ0n) is 17.9. The van der Waals surface area contributed by atoms with Crippen molar-refractivity contribution < 1.29 is 19.5 Å². The van der Waals surface area contributed by atoms with Crippen LogP contribution in [0.2, 0.25) is 0 Å². The number of nitrogens with one attached hydrogen (secondary N) is 2. The summed E-state index contributed by atoms with van der Waals surface area (Å²) in [5.74, 6) is -0.265. The molecule has 1 fully saturated rings. The number of amides is 3. The van der Waals surface area contributed by atoms with Gasteiger partial charge in [0.1, 0.15) is 17.5 Å². The van der Waals surface area contributed by atoms with Crippen LogP contribution in [0, 0.1) is 11.8 Å². The topological polar surface area (TPSA) is 98.7 Å². The molecule has 0 bridgehead atoms. The molecule has 0 unspecified atom stereocenters. The van der Waals surface area contributed by atoms with E-state index in [9.17, 15) is 19.5 Å². The molecule has 0 spiro atoms. The van der Waals surface area contributed by atoms with Crippen LogP contribution < -0.4 is 10.6 Å². The van der Waals surface area contributed by atoms with Crippen LogP contribution in [0.15, 0.2) is 24.3 Å². The molecule has 3 amide bonds. The minimum Gasteiger partial charge on any atom is -0.394 e. The number of hydrogen-bond donors (Lipinski definition) is 3. The number of hydrogen-bond acceptors (Lipinski definition) is 5. The summed E-state index contributed by atoms with van der Waals surface area (Å²) in [6.07, 6.45) is 0.708. The molecule has 1 aromatic rings. The van der Waals surface area contributed by atoms with E-state index >= 15 is 0 Å². The molecule has 7 nitrogen and oxygen atoms in total. The first-order valence-corrected chi connectivity index (χ1v) is 11.6. The number of carbonyl (C=O) groups excluding carboxylic acids is 3. The molecule has 0 aromatic heterocycles. The fourth-order valence-corrected chi connectivity index (χ4v) is 5.35. The lowest BCUT2D eigenvalue weighted by Gasteiger charge is -2.30. The Morgan fingerprint density at radius 2 is 1.93 bits per heavy atom. The predicted octanol–water partition coefficient (Wildman–Crippen LogP) is 1.92. The Morgan fingerprint density at radius 1 is 1.23 bits per heavy atom. The van der Waals surface area contributed by atoms with Crippen molar-refractivity contribution in [1.29, 1.82) is 0 Å². The summed E-state index contributed by atoms with van der Waals surface area (Å²) in [4.78, 5) is 40.6. The molecule has 2 heterocycles. The molecule has 1 saturated heterocycles. The van der Waals surface area contributed by atoms with Crippen molar-refractivity contribution in [3.8, 4) is 0 Å². The van der Waals surface area contributed by atoms with Gasteiger partial charge in [-0.3, -0.25) is 14.4 Å². The van der Waals surface area contributed by atoms with E-state index in [1.54, 1.807) is 22.7 Å². The Kier molecular flexibility index (Phi) is 7.08. The van der Waals surface area contributed by atoms with Gasteiger partial charge in [0.05, 0.1) is 12.6 Å². The first-order valence-electron chi connectivity index (χ1n) is 10.5. The summed E-state index contributed by atoms with van der Waals surface area (Å²) >= 11 is 1.57. The predicted molar refractivity (Wildman–Crippen MR) is 117 cm³/mol. The van der Waals surface area contributed by atoms with Gasteiger partial charge in [0.15, 0.2) is 0 Å². The zero-order chi connectivity index (χ0) is 22.0. The van der Waals surface area contributed by atoms with Crippen molar-refractivity contribution >= 4 is 29.5 Å². The third-order valence-electron chi connectivity index (χ3n) is 6.12. The lowest BCUT2D eigenvalue weighted by atomic mass is 9.96. The highest BCUT2D eigenvalue weighted by Crippen LogP contribution is 2.48. The van der Waals surface area contributed by atoms with Crippen molar-refractivity contribution in [2.75, 3.05) is 12.4 Å². The van der Waals surface area contributed by atoms with Gasteiger partial charge in [-0.05, 0) is 23.5 Å². The molecule has 0 aliphatic carbocycles. The Balaban J connectivity index is 1.74. The third kappa shape index (κ3) is 4.21. The normalized spacial score (nSPS) is 23.0. The van der Waals surface area contributed by atoms with Crippen LogP contribution in [-0.4, -0.2) is 58.2 Å². The van der Waals surface area contributed by atoms with E-state index in [4.69, 9.17) is 0 Å². The summed E-state index contributed by atoms with van der Waals surface area (Å²) in [7, 11) is 0. The molecular weight excluding hydrogens is 402 g/mol. The molecule has 1 aromatic carbocycles. The number of fused-ring (bicyclic) bond motifs is 3. The largest absolute Gasteiger partial charge is 0.394 e. The maximum atomic E-state index is 13.2. The highest BCUT2D eigenvalue weighted by atomic mass is 32.2. The average molecular weight is 434 g/mol. The Morgan fingerprint density at radius 3 is 2.57 bits per heavy atom. The van der Waals surface area contributed by atoms with E-state index in [0.717, 1.165) is 5.56 Å². The molecule has 164 valence electrons. The van der Waals surface area contributed by atoms with Crippen LogP contribution >= 0.6 is 11.8 Å². The maximum absolute atomic E-state index is 13.2. The van der Waals surface area contributed by atoms with Crippen molar-refractivity contribution in [2.45, 2.75) is 57.6 Å². The molecule has 0 saturated carbocycles. The van der Waals surface area contributed by atoms with Crippen LogP contribution in [0.25, 0.3) is 0 Å². The SMILES string of the molecule is CC[C@@H](C)[C@H](NC(=O)[C@H]1CS[C@@H]2c3ccccc3C(=O)N12)C(=O)N[C@H](CO)C(C)C. The van der Waals surface area contributed by atoms with E-state index in [2.05, 4.69) is 10.6 Å². The van der Waals surface area contributed by atoms with Crippen molar-refractivity contribution in [3.05, 3.63) is 35.4 Å². The fourth-order valence-electron chi connectivity index (χ4n) is 3.89. The summed E-state index contributed by atoms with van der Waals surface area (Å²) in [6.45, 7) is 7.56. The van der Waals surface area contributed by atoms with E-state index in [0.29, 0.717) is 17.7 Å². The summed E-state index contributed by atoms with van der Waals surface area (Å²) in [5.41, 5.74) is 1.59. The van der Waals surface area contributed by atoms with Crippen LogP contribution in [0.3, 0.4) is 0 Å². The molecular formula is C22H31N3O4S. The van der Waals surface area contributed by atoms with Crippen LogP contribution in [0.5, 0.6) is 0 Å². The summed E-state index contributed by atoms with van der Waals surface area (Å²) < 4.78 is 0. The lowest BCUT2D eigenvalue weighted by Crippen LogP contribution is -2.57. The summed E-state index contributed by atoms with van der Waals surface area (Å²) in [5, 5.41) is 15.1. The smallest absolute Gasteiger partial charge is 0.256 e. The monoisotopic (exact) mass is 433 g/mol. The van der Waals surface area contributed by atoms with Gasteiger partial charge in [0.25, 0.3) is 5.91 Å². The second-order valence-corrected chi connectivity index (χ2v) is 9.53. The molecule has 0 radical (unpaired) electrons. The van der Waals surface area contributed by atoms with Crippen molar-refractivity contribution in [1.82, 2.24) is 15.5 Å². The van der Waals surface area contributed by atoms with Gasteiger partial charge < -0.3 is 20.6 Å². The van der Waals surface area contributed by atoms with Gasteiger partial charge in [-0.2, -0.15) is 0 Å².